The number of carbonyl (C=O) groups is 2. The van der Waals surface area contributed by atoms with Gasteiger partial charge in [0, 0.05) is 12.8 Å². The van der Waals surface area contributed by atoms with E-state index in [1.165, 1.54) is 38.5 Å². The predicted octanol–water partition coefficient (Wildman–Crippen LogP) is 11.2. The van der Waals surface area contributed by atoms with E-state index in [1.54, 1.807) is 0 Å². The molecule has 0 aliphatic carbocycles. The Kier molecular flexibility index (Phi) is 29.8. The molecule has 0 spiro atoms. The Labute approximate surface area is 247 Å². The summed E-state index contributed by atoms with van der Waals surface area (Å²) in [6.07, 6.45) is 41.6. The number of esters is 1. The van der Waals surface area contributed by atoms with Gasteiger partial charge in [-0.25, -0.2) is 0 Å². The first-order valence-corrected chi connectivity index (χ1v) is 16.6. The van der Waals surface area contributed by atoms with Crippen LogP contribution >= 0.6 is 0 Å². The summed E-state index contributed by atoms with van der Waals surface area (Å²) in [4.78, 5) is 22.9. The second-order valence-electron chi connectivity index (χ2n) is 11.0. The minimum atomic E-state index is -0.680. The average Bonchev–Trinajstić information content (AvgIpc) is 2.94. The molecule has 4 nitrogen and oxygen atoms in total. The van der Waals surface area contributed by atoms with E-state index in [4.69, 9.17) is 9.84 Å². The van der Waals surface area contributed by atoms with Crippen molar-refractivity contribution in [1.29, 1.82) is 0 Å². The molecule has 0 aromatic rings. The maximum Gasteiger partial charge on any atom is 0.306 e. The minimum Gasteiger partial charge on any atom is -0.481 e. The molecule has 1 N–H and O–H groups in total. The van der Waals surface area contributed by atoms with Crippen molar-refractivity contribution in [3.05, 3.63) is 48.6 Å². The van der Waals surface area contributed by atoms with Crippen LogP contribution in [0, 0.1) is 0 Å². The normalized spacial score (nSPS) is 12.8. The zero-order valence-corrected chi connectivity index (χ0v) is 26.1. The molecule has 0 amide bonds. The molecule has 0 radical (unpaired) electrons. The van der Waals surface area contributed by atoms with Gasteiger partial charge in [0.05, 0.1) is 0 Å². The van der Waals surface area contributed by atoms with Crippen LogP contribution in [0.25, 0.3) is 0 Å². The van der Waals surface area contributed by atoms with E-state index < -0.39 is 5.97 Å². The van der Waals surface area contributed by atoms with Gasteiger partial charge < -0.3 is 9.84 Å². The van der Waals surface area contributed by atoms with Gasteiger partial charge in [-0.3, -0.25) is 9.59 Å². The van der Waals surface area contributed by atoms with E-state index in [1.807, 2.05) is 0 Å². The number of rotatable bonds is 29. The van der Waals surface area contributed by atoms with Gasteiger partial charge in [-0.15, -0.1) is 0 Å². The Morgan fingerprint density at radius 1 is 0.575 bits per heavy atom. The molecular weight excluding hydrogens is 496 g/mol. The summed E-state index contributed by atoms with van der Waals surface area (Å²) in [5.41, 5.74) is 0. The van der Waals surface area contributed by atoms with Gasteiger partial charge in [0.15, 0.2) is 0 Å². The highest BCUT2D eigenvalue weighted by Crippen LogP contribution is 2.17. The summed E-state index contributed by atoms with van der Waals surface area (Å²) in [5, 5.41) is 8.66. The molecule has 0 aromatic heterocycles. The number of carboxylic acids is 1. The van der Waals surface area contributed by atoms with E-state index in [9.17, 15) is 9.59 Å². The summed E-state index contributed by atoms with van der Waals surface area (Å²) < 4.78 is 5.87. The van der Waals surface area contributed by atoms with Gasteiger partial charge in [0.2, 0.25) is 0 Å². The van der Waals surface area contributed by atoms with Crippen molar-refractivity contribution >= 4 is 11.9 Å². The number of ether oxygens (including phenoxy) is 1. The molecule has 0 saturated heterocycles. The van der Waals surface area contributed by atoms with Crippen molar-refractivity contribution in [2.24, 2.45) is 0 Å². The quantitative estimate of drug-likeness (QED) is 0.0563. The van der Waals surface area contributed by atoms with Crippen LogP contribution in [-0.4, -0.2) is 23.1 Å². The molecule has 0 rings (SSSR count). The van der Waals surface area contributed by atoms with Crippen molar-refractivity contribution in [2.75, 3.05) is 0 Å². The first-order valence-electron chi connectivity index (χ1n) is 16.6. The van der Waals surface area contributed by atoms with Crippen LogP contribution in [0.3, 0.4) is 0 Å². The van der Waals surface area contributed by atoms with Crippen LogP contribution in [-0.2, 0) is 14.3 Å². The molecule has 230 valence electrons. The first kappa shape index (κ1) is 37.9. The van der Waals surface area contributed by atoms with Crippen molar-refractivity contribution in [3.63, 3.8) is 0 Å². The number of unbranched alkanes of at least 4 members (excludes halogenated alkanes) is 12. The molecule has 4 heteroatoms. The number of allylic oxidation sites excluding steroid dienone is 8. The second kappa shape index (κ2) is 31.4. The molecule has 1 unspecified atom stereocenters. The van der Waals surface area contributed by atoms with Crippen LogP contribution in [0.1, 0.15) is 162 Å². The third kappa shape index (κ3) is 30.4. The molecule has 0 aromatic carbocycles. The van der Waals surface area contributed by atoms with E-state index >= 15 is 0 Å². The summed E-state index contributed by atoms with van der Waals surface area (Å²) in [7, 11) is 0. The van der Waals surface area contributed by atoms with Gasteiger partial charge in [-0.05, 0) is 70.6 Å². The molecule has 40 heavy (non-hydrogen) atoms. The third-order valence-corrected chi connectivity index (χ3v) is 7.07. The molecule has 1 atom stereocenters. The lowest BCUT2D eigenvalue weighted by Gasteiger charge is -2.18. The molecular formula is C36H62O4. The van der Waals surface area contributed by atoms with Gasteiger partial charge in [-0.1, -0.05) is 127 Å². The second-order valence-corrected chi connectivity index (χ2v) is 11.0. The fraction of sp³-hybridized carbons (Fsp3) is 0.722. The number of hydrogen-bond acceptors (Lipinski definition) is 3. The van der Waals surface area contributed by atoms with Gasteiger partial charge in [-0.2, -0.15) is 0 Å². The standard InChI is InChI=1S/C36H62O4/c1-3-5-7-8-9-10-11-12-13-14-15-20-23-26-29-33-36(39)40-34(30-6-4-2)31-27-24-21-18-16-17-19-22-25-28-32-35(37)38/h5,7,9-10,12-13,15,20,34H,3-4,6,8,11,14,16-19,21-33H2,1-2H3,(H,37,38)/b7-5-,10-9-,13-12-,20-15-. The first-order chi connectivity index (χ1) is 19.6. The number of carbonyl (C=O) groups excluding carboxylic acids is 1. The predicted molar refractivity (Wildman–Crippen MR) is 172 cm³/mol. The van der Waals surface area contributed by atoms with Gasteiger partial charge in [0.1, 0.15) is 6.10 Å². The van der Waals surface area contributed by atoms with Crippen LogP contribution < -0.4 is 0 Å². The zero-order chi connectivity index (χ0) is 29.4. The Bertz CT molecular complexity index is 689. The monoisotopic (exact) mass is 558 g/mol. The fourth-order valence-corrected chi connectivity index (χ4v) is 4.63. The lowest BCUT2D eigenvalue weighted by molar-refractivity contribution is -0.150. The maximum absolute atomic E-state index is 12.4. The lowest BCUT2D eigenvalue weighted by atomic mass is 10.0. The van der Waals surface area contributed by atoms with E-state index in [2.05, 4.69) is 62.5 Å². The highest BCUT2D eigenvalue weighted by atomic mass is 16.5. The van der Waals surface area contributed by atoms with Crippen molar-refractivity contribution in [1.82, 2.24) is 0 Å². The summed E-state index contributed by atoms with van der Waals surface area (Å²) >= 11 is 0. The summed E-state index contributed by atoms with van der Waals surface area (Å²) in [6.45, 7) is 4.35. The van der Waals surface area contributed by atoms with Crippen molar-refractivity contribution in [3.8, 4) is 0 Å². The lowest BCUT2D eigenvalue weighted by Crippen LogP contribution is -2.18. The van der Waals surface area contributed by atoms with Crippen LogP contribution in [0.15, 0.2) is 48.6 Å². The smallest absolute Gasteiger partial charge is 0.306 e. The van der Waals surface area contributed by atoms with Crippen LogP contribution in [0.2, 0.25) is 0 Å². The summed E-state index contributed by atoms with van der Waals surface area (Å²) in [5.74, 6) is -0.699. The van der Waals surface area contributed by atoms with Crippen LogP contribution in [0.5, 0.6) is 0 Å². The van der Waals surface area contributed by atoms with E-state index in [0.29, 0.717) is 12.8 Å². The molecule has 0 fully saturated rings. The topological polar surface area (TPSA) is 63.6 Å². The SMILES string of the molecule is CC/C=C\C/C=C\C/C=C\C/C=C\CCCCC(=O)OC(CCCC)CCCCCCCCCCCCC(=O)O. The van der Waals surface area contributed by atoms with Gasteiger partial charge >= 0.3 is 11.9 Å². The number of hydrogen-bond donors (Lipinski definition) is 1. The zero-order valence-electron chi connectivity index (χ0n) is 26.1. The van der Waals surface area contributed by atoms with Crippen LogP contribution in [0.4, 0.5) is 0 Å². The Morgan fingerprint density at radius 3 is 1.60 bits per heavy atom. The molecule has 0 bridgehead atoms. The third-order valence-electron chi connectivity index (χ3n) is 7.07. The Balaban J connectivity index is 3.80. The fourth-order valence-electron chi connectivity index (χ4n) is 4.63. The highest BCUT2D eigenvalue weighted by molar-refractivity contribution is 5.69. The van der Waals surface area contributed by atoms with Crippen molar-refractivity contribution in [2.45, 2.75) is 168 Å². The van der Waals surface area contributed by atoms with Crippen molar-refractivity contribution < 1.29 is 19.4 Å². The number of aliphatic carboxylic acids is 1. The van der Waals surface area contributed by atoms with Gasteiger partial charge in [0.25, 0.3) is 0 Å². The highest BCUT2D eigenvalue weighted by Gasteiger charge is 2.13. The minimum absolute atomic E-state index is 0.0189. The Hall–Kier alpha value is -2.10. The van der Waals surface area contributed by atoms with E-state index in [0.717, 1.165) is 96.3 Å². The van der Waals surface area contributed by atoms with E-state index in [-0.39, 0.29) is 12.1 Å². The summed E-state index contributed by atoms with van der Waals surface area (Å²) in [6, 6.07) is 0. The number of carboxylic acid groups (broad SMARTS) is 1. The maximum atomic E-state index is 12.4. The molecule has 0 aliphatic rings. The molecule has 0 aliphatic heterocycles. The average molecular weight is 559 g/mol. The molecule has 0 saturated carbocycles. The molecule has 0 heterocycles. The largest absolute Gasteiger partial charge is 0.481 e. The Morgan fingerprint density at radius 2 is 1.05 bits per heavy atom.